The number of carbonyl (C=O) groups is 1. The van der Waals surface area contributed by atoms with E-state index in [9.17, 15) is 9.18 Å². The molecule has 2 amide bonds. The van der Waals surface area contributed by atoms with Gasteiger partial charge in [-0.3, -0.25) is 4.90 Å². The van der Waals surface area contributed by atoms with Crippen LogP contribution in [0.15, 0.2) is 30.7 Å². The summed E-state index contributed by atoms with van der Waals surface area (Å²) in [6.07, 6.45) is 6.99. The number of likely N-dealkylation sites (N-methyl/N-ethyl adjacent to an activating group) is 1. The summed E-state index contributed by atoms with van der Waals surface area (Å²) in [7, 11) is 1.99. The van der Waals surface area contributed by atoms with Crippen molar-refractivity contribution in [1.82, 2.24) is 19.7 Å². The van der Waals surface area contributed by atoms with Crippen molar-refractivity contribution in [3.05, 3.63) is 47.8 Å². The van der Waals surface area contributed by atoms with Gasteiger partial charge in [0.05, 0.1) is 11.4 Å². The van der Waals surface area contributed by atoms with Crippen molar-refractivity contribution in [3.8, 4) is 0 Å². The number of hydrogen-bond acceptors (Lipinski definition) is 5. The minimum atomic E-state index is -0.476. The monoisotopic (exact) mass is 445 g/mol. The highest BCUT2D eigenvalue weighted by molar-refractivity contribution is 6.03. The number of nitrogens with zero attached hydrogens (tertiary/aromatic N) is 5. The summed E-state index contributed by atoms with van der Waals surface area (Å²) < 4.78 is 15.9. The van der Waals surface area contributed by atoms with Gasteiger partial charge in [0, 0.05) is 61.6 Å². The van der Waals surface area contributed by atoms with E-state index >= 15 is 0 Å². The molecule has 0 saturated carbocycles. The average molecular weight is 446 g/mol. The van der Waals surface area contributed by atoms with Crippen LogP contribution in [-0.2, 0) is 6.42 Å². The topological polar surface area (TPSA) is 77.8 Å². The summed E-state index contributed by atoms with van der Waals surface area (Å²) in [4.78, 5) is 25.6. The second-order valence-corrected chi connectivity index (χ2v) is 7.87. The van der Waals surface area contributed by atoms with Crippen molar-refractivity contribution in [3.63, 3.8) is 0 Å². The third-order valence-corrected chi connectivity index (χ3v) is 5.91. The molecule has 8 nitrogen and oxygen atoms in total. The minimum absolute atomic E-state index is 0. The van der Waals surface area contributed by atoms with Gasteiger partial charge in [-0.15, -0.1) is 12.4 Å². The second kappa shape index (κ2) is 8.32. The molecule has 0 spiro atoms. The molecule has 0 aromatic carbocycles. The number of halogens is 2. The fourth-order valence-electron chi connectivity index (χ4n) is 4.42. The number of amides is 2. The Morgan fingerprint density at radius 2 is 2.13 bits per heavy atom. The van der Waals surface area contributed by atoms with Crippen LogP contribution < -0.4 is 20.4 Å². The minimum Gasteiger partial charge on any atom is -0.370 e. The van der Waals surface area contributed by atoms with Crippen LogP contribution >= 0.6 is 12.4 Å². The molecule has 0 aliphatic carbocycles. The Hall–Kier alpha value is -2.91. The van der Waals surface area contributed by atoms with Crippen molar-refractivity contribution in [2.45, 2.75) is 25.8 Å². The standard InChI is InChI=1S/C21H24FN7O.ClH/c1-13-10-28-12-15(9-17(22)20(28)25-13)26-21(30)29-8-5-16-18(3-6-24-19(16)29)27-7-4-14(11-27)23-2;/h3,6,9-10,12,14,23H,4-5,7-8,11H2,1-2H3,(H,26,30);1H/t14-;/m1./s1. The molecule has 1 saturated heterocycles. The molecule has 5 rings (SSSR count). The first-order chi connectivity index (χ1) is 14.5. The first kappa shape index (κ1) is 21.3. The predicted octanol–water partition coefficient (Wildman–Crippen LogP) is 2.99. The summed E-state index contributed by atoms with van der Waals surface area (Å²) in [6, 6.07) is 3.49. The van der Waals surface area contributed by atoms with E-state index in [2.05, 4.69) is 25.5 Å². The Labute approximate surface area is 185 Å². The number of fused-ring (bicyclic) bond motifs is 2. The van der Waals surface area contributed by atoms with Gasteiger partial charge in [-0.25, -0.2) is 19.2 Å². The summed E-state index contributed by atoms with van der Waals surface area (Å²) in [5.74, 6) is 0.203. The van der Waals surface area contributed by atoms with Crippen molar-refractivity contribution < 1.29 is 9.18 Å². The molecule has 31 heavy (non-hydrogen) atoms. The molecule has 0 bridgehead atoms. The van der Waals surface area contributed by atoms with Crippen LogP contribution in [0, 0.1) is 12.7 Å². The molecule has 0 unspecified atom stereocenters. The Morgan fingerprint density at radius 1 is 1.29 bits per heavy atom. The highest BCUT2D eigenvalue weighted by Crippen LogP contribution is 2.35. The lowest BCUT2D eigenvalue weighted by atomic mass is 10.2. The largest absolute Gasteiger partial charge is 0.370 e. The molecule has 3 aromatic rings. The molecule has 2 N–H and O–H groups in total. The van der Waals surface area contributed by atoms with E-state index in [1.165, 1.54) is 6.07 Å². The van der Waals surface area contributed by atoms with Crippen molar-refractivity contribution in [1.29, 1.82) is 0 Å². The Bertz CT molecular complexity index is 1130. The van der Waals surface area contributed by atoms with E-state index in [1.807, 2.05) is 13.1 Å². The number of pyridine rings is 2. The van der Waals surface area contributed by atoms with Gasteiger partial charge in [-0.05, 0) is 32.9 Å². The van der Waals surface area contributed by atoms with Crippen LogP contribution in [0.4, 0.5) is 26.4 Å². The van der Waals surface area contributed by atoms with Crippen LogP contribution in [0.5, 0.6) is 0 Å². The number of rotatable bonds is 3. The van der Waals surface area contributed by atoms with Gasteiger partial charge < -0.3 is 19.9 Å². The van der Waals surface area contributed by atoms with E-state index in [0.717, 1.165) is 37.2 Å². The number of carbonyl (C=O) groups excluding carboxylic acids is 1. The molecule has 5 heterocycles. The van der Waals surface area contributed by atoms with Gasteiger partial charge in [-0.2, -0.15) is 0 Å². The average Bonchev–Trinajstić information content (AvgIpc) is 3.45. The molecule has 2 aliphatic heterocycles. The molecule has 1 atom stereocenters. The number of anilines is 3. The number of urea groups is 1. The van der Waals surface area contributed by atoms with Gasteiger partial charge in [0.15, 0.2) is 11.5 Å². The van der Waals surface area contributed by atoms with Crippen molar-refractivity contribution in [2.75, 3.05) is 41.8 Å². The molecule has 1 fully saturated rings. The van der Waals surface area contributed by atoms with Crippen molar-refractivity contribution in [2.24, 2.45) is 0 Å². The Morgan fingerprint density at radius 3 is 2.90 bits per heavy atom. The maximum absolute atomic E-state index is 14.3. The zero-order valence-electron chi connectivity index (χ0n) is 17.4. The van der Waals surface area contributed by atoms with Crippen LogP contribution in [0.25, 0.3) is 5.65 Å². The fourth-order valence-corrected chi connectivity index (χ4v) is 4.42. The number of aromatic nitrogens is 3. The SMILES string of the molecule is CN[C@@H]1CCN(c2ccnc3c2CCN3C(=O)Nc2cc(F)c3nc(C)cn3c2)C1.Cl. The molecule has 10 heteroatoms. The molecule has 3 aromatic heterocycles. The summed E-state index contributed by atoms with van der Waals surface area (Å²) in [5.41, 5.74) is 3.58. The number of aryl methyl sites for hydroxylation is 1. The Balaban J connectivity index is 0.00000231. The van der Waals surface area contributed by atoms with Crippen molar-refractivity contribution >= 4 is 41.3 Å². The van der Waals surface area contributed by atoms with E-state index < -0.39 is 5.82 Å². The van der Waals surface area contributed by atoms with E-state index in [4.69, 9.17) is 0 Å². The lowest BCUT2D eigenvalue weighted by Gasteiger charge is -2.22. The lowest BCUT2D eigenvalue weighted by Crippen LogP contribution is -2.34. The zero-order chi connectivity index (χ0) is 20.8. The number of hydrogen-bond donors (Lipinski definition) is 2. The van der Waals surface area contributed by atoms with Gasteiger partial charge in [0.25, 0.3) is 0 Å². The third kappa shape index (κ3) is 3.79. The fraction of sp³-hybridized carbons (Fsp3) is 0.381. The van der Waals surface area contributed by atoms with Crippen LogP contribution in [0.3, 0.4) is 0 Å². The number of imidazole rings is 1. The molecular weight excluding hydrogens is 421 g/mol. The summed E-state index contributed by atoms with van der Waals surface area (Å²) in [6.45, 7) is 4.28. The van der Waals surface area contributed by atoms with Gasteiger partial charge in [-0.1, -0.05) is 0 Å². The van der Waals surface area contributed by atoms with E-state index in [-0.39, 0.29) is 24.1 Å². The van der Waals surface area contributed by atoms with Gasteiger partial charge in [0.1, 0.15) is 5.82 Å². The smallest absolute Gasteiger partial charge is 0.327 e. The highest BCUT2D eigenvalue weighted by Gasteiger charge is 2.31. The third-order valence-electron chi connectivity index (χ3n) is 5.91. The Kier molecular flexibility index (Phi) is 5.72. The lowest BCUT2D eigenvalue weighted by molar-refractivity contribution is 0.257. The normalized spacial score (nSPS) is 17.7. The second-order valence-electron chi connectivity index (χ2n) is 7.87. The van der Waals surface area contributed by atoms with Crippen LogP contribution in [0.1, 0.15) is 17.7 Å². The summed E-state index contributed by atoms with van der Waals surface area (Å²) in [5, 5.41) is 6.14. The first-order valence-corrected chi connectivity index (χ1v) is 10.2. The highest BCUT2D eigenvalue weighted by atomic mass is 35.5. The first-order valence-electron chi connectivity index (χ1n) is 10.2. The quantitative estimate of drug-likeness (QED) is 0.648. The van der Waals surface area contributed by atoms with Crippen LogP contribution in [0.2, 0.25) is 0 Å². The predicted molar refractivity (Wildman–Crippen MR) is 121 cm³/mol. The maximum atomic E-state index is 14.3. The maximum Gasteiger partial charge on any atom is 0.327 e. The van der Waals surface area contributed by atoms with E-state index in [1.54, 1.807) is 34.8 Å². The molecule has 2 aliphatic rings. The zero-order valence-corrected chi connectivity index (χ0v) is 18.2. The van der Waals surface area contributed by atoms with Gasteiger partial charge in [0.2, 0.25) is 0 Å². The van der Waals surface area contributed by atoms with Gasteiger partial charge >= 0.3 is 6.03 Å². The summed E-state index contributed by atoms with van der Waals surface area (Å²) >= 11 is 0. The molecule has 0 radical (unpaired) electrons. The van der Waals surface area contributed by atoms with E-state index in [0.29, 0.717) is 29.8 Å². The number of nitrogens with one attached hydrogen (secondary N) is 2. The van der Waals surface area contributed by atoms with Crippen LogP contribution in [-0.4, -0.2) is 53.1 Å². The molecular formula is C21H25ClFN7O. The molecule has 164 valence electrons.